The van der Waals surface area contributed by atoms with E-state index in [1.165, 1.54) is 6.07 Å². The van der Waals surface area contributed by atoms with E-state index >= 15 is 0 Å². The Labute approximate surface area is 153 Å². The molecule has 0 aromatic carbocycles. The molecule has 0 aliphatic carbocycles. The number of aromatic nitrogens is 3. The number of aryl methyl sites for hydroxylation is 1. The molecular weight excluding hydrogens is 352 g/mol. The zero-order chi connectivity index (χ0) is 18.1. The van der Waals surface area contributed by atoms with E-state index in [4.69, 9.17) is 4.52 Å². The summed E-state index contributed by atoms with van der Waals surface area (Å²) >= 11 is 1.55. The molecule has 26 heavy (non-hydrogen) atoms. The Kier molecular flexibility index (Phi) is 4.42. The van der Waals surface area contributed by atoms with Crippen molar-refractivity contribution in [1.82, 2.24) is 20.0 Å². The highest BCUT2D eigenvalue weighted by molar-refractivity contribution is 7.13. The van der Waals surface area contributed by atoms with E-state index in [-0.39, 0.29) is 23.1 Å². The van der Waals surface area contributed by atoms with Crippen LogP contribution in [0, 0.1) is 6.92 Å². The van der Waals surface area contributed by atoms with Crippen LogP contribution >= 0.6 is 11.3 Å². The van der Waals surface area contributed by atoms with Crippen LogP contribution in [-0.2, 0) is 0 Å². The lowest BCUT2D eigenvalue weighted by molar-refractivity contribution is 0.0662. The second kappa shape index (κ2) is 6.87. The monoisotopic (exact) mass is 370 g/mol. The topological polar surface area (TPSA) is 92.1 Å². The van der Waals surface area contributed by atoms with Gasteiger partial charge in [0.25, 0.3) is 11.5 Å². The molecule has 1 atom stereocenters. The molecular formula is C18H18N4O3S. The fraction of sp³-hybridized carbons (Fsp3) is 0.333. The van der Waals surface area contributed by atoms with Crippen molar-refractivity contribution in [3.63, 3.8) is 0 Å². The standard InChI is InChI=1S/C18H18N4O3S/c1-11-8-14(25-21-11)18(24)22-6-2-4-12(10-22)17-19-13(9-16(23)20-17)15-5-3-7-26-15/h3,5,7-9,12H,2,4,6,10H2,1H3,(H,19,20,23)/t12-/m1/s1. The van der Waals surface area contributed by atoms with Crippen molar-refractivity contribution >= 4 is 17.2 Å². The second-order valence-corrected chi connectivity index (χ2v) is 7.36. The SMILES string of the molecule is Cc1cc(C(=O)N2CCC[C@@H](c3nc(-c4cccs4)cc(=O)[nH]3)C2)on1. The third-order valence-corrected chi connectivity index (χ3v) is 5.36. The molecule has 0 radical (unpaired) electrons. The molecule has 0 bridgehead atoms. The molecule has 4 rings (SSSR count). The quantitative estimate of drug-likeness (QED) is 0.765. The Morgan fingerprint density at radius 3 is 3.04 bits per heavy atom. The van der Waals surface area contributed by atoms with Gasteiger partial charge in [-0.05, 0) is 31.2 Å². The van der Waals surface area contributed by atoms with Gasteiger partial charge in [-0.15, -0.1) is 11.3 Å². The number of likely N-dealkylation sites (tertiary alicyclic amines) is 1. The summed E-state index contributed by atoms with van der Waals surface area (Å²) in [5, 5.41) is 5.74. The average molecular weight is 370 g/mol. The highest BCUT2D eigenvalue weighted by Gasteiger charge is 2.29. The maximum atomic E-state index is 12.6. The maximum absolute atomic E-state index is 12.6. The number of carbonyl (C=O) groups is 1. The molecule has 4 heterocycles. The molecule has 3 aromatic rings. The summed E-state index contributed by atoms with van der Waals surface area (Å²) in [6, 6.07) is 7.03. The predicted octanol–water partition coefficient (Wildman–Crippen LogP) is 2.81. The van der Waals surface area contributed by atoms with E-state index < -0.39 is 0 Å². The summed E-state index contributed by atoms with van der Waals surface area (Å²) in [7, 11) is 0. The van der Waals surface area contributed by atoms with E-state index in [2.05, 4.69) is 15.1 Å². The van der Waals surface area contributed by atoms with Gasteiger partial charge in [-0.1, -0.05) is 11.2 Å². The third-order valence-electron chi connectivity index (χ3n) is 4.47. The first kappa shape index (κ1) is 16.7. The highest BCUT2D eigenvalue weighted by atomic mass is 32.1. The van der Waals surface area contributed by atoms with Crippen LogP contribution in [0.25, 0.3) is 10.6 Å². The summed E-state index contributed by atoms with van der Waals surface area (Å²) in [5.74, 6) is 0.695. The minimum Gasteiger partial charge on any atom is -0.351 e. The minimum absolute atomic E-state index is 0.00988. The van der Waals surface area contributed by atoms with Crippen molar-refractivity contribution in [2.45, 2.75) is 25.7 Å². The molecule has 1 amide bonds. The van der Waals surface area contributed by atoms with Crippen LogP contribution in [0.5, 0.6) is 0 Å². The Morgan fingerprint density at radius 1 is 1.42 bits per heavy atom. The van der Waals surface area contributed by atoms with E-state index in [1.807, 2.05) is 17.5 Å². The number of carbonyl (C=O) groups excluding carboxylic acids is 1. The molecule has 0 unspecified atom stereocenters. The summed E-state index contributed by atoms with van der Waals surface area (Å²) in [5.41, 5.74) is 1.18. The van der Waals surface area contributed by atoms with Crippen LogP contribution in [0.3, 0.4) is 0 Å². The largest absolute Gasteiger partial charge is 0.351 e. The van der Waals surface area contributed by atoms with Gasteiger partial charge in [0.2, 0.25) is 5.76 Å². The van der Waals surface area contributed by atoms with Gasteiger partial charge in [0.05, 0.1) is 16.3 Å². The van der Waals surface area contributed by atoms with Crippen LogP contribution in [0.15, 0.2) is 39.0 Å². The molecule has 1 saturated heterocycles. The fourth-order valence-electron chi connectivity index (χ4n) is 3.23. The summed E-state index contributed by atoms with van der Waals surface area (Å²) in [6.07, 6.45) is 1.71. The number of H-pyrrole nitrogens is 1. The lowest BCUT2D eigenvalue weighted by atomic mass is 9.96. The van der Waals surface area contributed by atoms with Gasteiger partial charge in [-0.2, -0.15) is 0 Å². The zero-order valence-corrected chi connectivity index (χ0v) is 15.1. The molecule has 0 saturated carbocycles. The maximum Gasteiger partial charge on any atom is 0.292 e. The van der Waals surface area contributed by atoms with Crippen molar-refractivity contribution in [2.24, 2.45) is 0 Å². The third kappa shape index (κ3) is 3.32. The number of nitrogens with one attached hydrogen (secondary N) is 1. The number of amides is 1. The summed E-state index contributed by atoms with van der Waals surface area (Å²) in [4.78, 5) is 34.9. The van der Waals surface area contributed by atoms with Gasteiger partial charge >= 0.3 is 0 Å². The number of hydrogen-bond donors (Lipinski definition) is 1. The van der Waals surface area contributed by atoms with Crippen LogP contribution in [0.1, 0.15) is 40.8 Å². The lowest BCUT2D eigenvalue weighted by Gasteiger charge is -2.31. The van der Waals surface area contributed by atoms with Crippen LogP contribution in [0.2, 0.25) is 0 Å². The summed E-state index contributed by atoms with van der Waals surface area (Å²) in [6.45, 7) is 2.93. The predicted molar refractivity (Wildman–Crippen MR) is 97.3 cm³/mol. The molecule has 0 spiro atoms. The van der Waals surface area contributed by atoms with Crippen molar-refractivity contribution in [1.29, 1.82) is 0 Å². The van der Waals surface area contributed by atoms with Gasteiger partial charge in [0.15, 0.2) is 0 Å². The first-order valence-electron chi connectivity index (χ1n) is 8.48. The number of rotatable bonds is 3. The Hall–Kier alpha value is -2.74. The van der Waals surface area contributed by atoms with E-state index in [9.17, 15) is 9.59 Å². The first-order chi connectivity index (χ1) is 12.6. The zero-order valence-electron chi connectivity index (χ0n) is 14.3. The minimum atomic E-state index is -0.174. The molecule has 1 N–H and O–H groups in total. The summed E-state index contributed by atoms with van der Waals surface area (Å²) < 4.78 is 5.09. The number of hydrogen-bond acceptors (Lipinski definition) is 6. The molecule has 1 aliphatic heterocycles. The van der Waals surface area contributed by atoms with Gasteiger partial charge in [-0.25, -0.2) is 4.98 Å². The number of aromatic amines is 1. The van der Waals surface area contributed by atoms with Gasteiger partial charge < -0.3 is 14.4 Å². The Morgan fingerprint density at radius 2 is 2.31 bits per heavy atom. The van der Waals surface area contributed by atoms with Gasteiger partial charge in [-0.3, -0.25) is 9.59 Å². The molecule has 134 valence electrons. The fourth-order valence-corrected chi connectivity index (χ4v) is 3.91. The lowest BCUT2D eigenvalue weighted by Crippen LogP contribution is -2.39. The van der Waals surface area contributed by atoms with Crippen LogP contribution in [-0.4, -0.2) is 39.0 Å². The number of nitrogens with zero attached hydrogens (tertiary/aromatic N) is 3. The van der Waals surface area contributed by atoms with E-state index in [1.54, 1.807) is 29.2 Å². The molecule has 7 nitrogen and oxygen atoms in total. The highest BCUT2D eigenvalue weighted by Crippen LogP contribution is 2.27. The Bertz CT molecular complexity index is 976. The normalized spacial score (nSPS) is 17.4. The van der Waals surface area contributed by atoms with Gasteiger partial charge in [0, 0.05) is 31.1 Å². The van der Waals surface area contributed by atoms with Gasteiger partial charge in [0.1, 0.15) is 5.82 Å². The van der Waals surface area contributed by atoms with Crippen molar-refractivity contribution < 1.29 is 9.32 Å². The second-order valence-electron chi connectivity index (χ2n) is 6.42. The number of piperidine rings is 1. The average Bonchev–Trinajstić information content (AvgIpc) is 3.32. The Balaban J connectivity index is 1.58. The first-order valence-corrected chi connectivity index (χ1v) is 9.36. The smallest absolute Gasteiger partial charge is 0.292 e. The molecule has 1 fully saturated rings. The van der Waals surface area contributed by atoms with Crippen molar-refractivity contribution in [2.75, 3.05) is 13.1 Å². The van der Waals surface area contributed by atoms with Crippen LogP contribution in [0.4, 0.5) is 0 Å². The van der Waals surface area contributed by atoms with Crippen molar-refractivity contribution in [3.05, 3.63) is 57.3 Å². The van der Waals surface area contributed by atoms with E-state index in [0.29, 0.717) is 30.3 Å². The van der Waals surface area contributed by atoms with E-state index in [0.717, 1.165) is 17.7 Å². The number of thiophene rings is 1. The molecule has 3 aromatic heterocycles. The van der Waals surface area contributed by atoms with Crippen LogP contribution < -0.4 is 5.56 Å². The molecule has 8 heteroatoms. The van der Waals surface area contributed by atoms with Crippen molar-refractivity contribution in [3.8, 4) is 10.6 Å². The molecule has 1 aliphatic rings.